The van der Waals surface area contributed by atoms with Gasteiger partial charge in [-0.1, -0.05) is 0 Å². The Kier molecular flexibility index (Phi) is 2.08. The molecular formula is C9H6N4S2. The number of thiazole rings is 2. The lowest BCUT2D eigenvalue weighted by Gasteiger charge is -1.94. The average molecular weight is 234 g/mol. The van der Waals surface area contributed by atoms with Crippen LogP contribution in [0, 0.1) is 0 Å². The molecule has 6 heteroatoms. The predicted molar refractivity (Wildman–Crippen MR) is 60.8 cm³/mol. The highest BCUT2D eigenvalue weighted by molar-refractivity contribution is 7.13. The maximum atomic E-state index is 4.28. The van der Waals surface area contributed by atoms with E-state index in [2.05, 4.69) is 19.9 Å². The molecule has 1 N–H and O–H groups in total. The fraction of sp³-hybridized carbons (Fsp3) is 0. The molecule has 0 unspecified atom stereocenters. The molecule has 3 aromatic heterocycles. The van der Waals surface area contributed by atoms with E-state index in [4.69, 9.17) is 0 Å². The molecule has 0 atom stereocenters. The average Bonchev–Trinajstić information content (AvgIpc) is 3.01. The van der Waals surface area contributed by atoms with Crippen molar-refractivity contribution in [2.75, 3.05) is 0 Å². The Morgan fingerprint density at radius 1 is 1.20 bits per heavy atom. The van der Waals surface area contributed by atoms with E-state index >= 15 is 0 Å². The van der Waals surface area contributed by atoms with Gasteiger partial charge in [-0.2, -0.15) is 0 Å². The van der Waals surface area contributed by atoms with Crippen molar-refractivity contribution >= 4 is 22.7 Å². The minimum Gasteiger partial charge on any atom is -0.343 e. The highest BCUT2D eigenvalue weighted by atomic mass is 32.1. The Hall–Kier alpha value is -1.53. The van der Waals surface area contributed by atoms with Crippen LogP contribution in [0.2, 0.25) is 0 Å². The summed E-state index contributed by atoms with van der Waals surface area (Å²) in [5.41, 5.74) is 6.40. The van der Waals surface area contributed by atoms with Gasteiger partial charge in [-0.3, -0.25) is 4.98 Å². The molecule has 3 rings (SSSR count). The molecule has 0 bridgehead atoms. The smallest absolute Gasteiger partial charge is 0.116 e. The van der Waals surface area contributed by atoms with E-state index in [1.807, 2.05) is 11.6 Å². The normalized spacial score (nSPS) is 10.7. The van der Waals surface area contributed by atoms with Gasteiger partial charge in [0.25, 0.3) is 0 Å². The number of hydrogen-bond acceptors (Lipinski definition) is 5. The van der Waals surface area contributed by atoms with Crippen molar-refractivity contribution in [3.63, 3.8) is 0 Å². The Labute approximate surface area is 93.7 Å². The summed E-state index contributed by atoms with van der Waals surface area (Å²) < 4.78 is 0. The monoisotopic (exact) mass is 234 g/mol. The molecule has 0 amide bonds. The summed E-state index contributed by atoms with van der Waals surface area (Å²) in [5.74, 6) is 0. The van der Waals surface area contributed by atoms with E-state index in [1.54, 1.807) is 40.0 Å². The molecule has 3 heterocycles. The van der Waals surface area contributed by atoms with Crippen molar-refractivity contribution in [1.29, 1.82) is 0 Å². The van der Waals surface area contributed by atoms with Crippen LogP contribution in [-0.4, -0.2) is 19.9 Å². The van der Waals surface area contributed by atoms with Gasteiger partial charge in [0, 0.05) is 11.6 Å². The van der Waals surface area contributed by atoms with Gasteiger partial charge in [-0.25, -0.2) is 9.97 Å². The number of imidazole rings is 1. The molecule has 0 saturated heterocycles. The lowest BCUT2D eigenvalue weighted by Crippen LogP contribution is -1.80. The number of aromatic nitrogens is 4. The summed E-state index contributed by atoms with van der Waals surface area (Å²) in [6.45, 7) is 0. The van der Waals surface area contributed by atoms with Crippen molar-refractivity contribution in [3.05, 3.63) is 28.9 Å². The molecule has 0 aromatic carbocycles. The number of rotatable bonds is 2. The zero-order valence-electron chi connectivity index (χ0n) is 7.54. The molecule has 0 spiro atoms. The minimum atomic E-state index is 0.889. The largest absolute Gasteiger partial charge is 0.343 e. The number of nitrogens with one attached hydrogen (secondary N) is 1. The first-order chi connectivity index (χ1) is 7.45. The van der Waals surface area contributed by atoms with Crippen molar-refractivity contribution < 1.29 is 0 Å². The molecule has 0 fully saturated rings. The van der Waals surface area contributed by atoms with Crippen LogP contribution in [0.3, 0.4) is 0 Å². The van der Waals surface area contributed by atoms with E-state index < -0.39 is 0 Å². The summed E-state index contributed by atoms with van der Waals surface area (Å²) in [5, 5.41) is 1.99. The van der Waals surface area contributed by atoms with Crippen LogP contribution in [0.1, 0.15) is 0 Å². The first kappa shape index (κ1) is 8.75. The van der Waals surface area contributed by atoms with E-state index in [-0.39, 0.29) is 0 Å². The van der Waals surface area contributed by atoms with Gasteiger partial charge >= 0.3 is 0 Å². The van der Waals surface area contributed by atoms with Crippen LogP contribution < -0.4 is 0 Å². The summed E-state index contributed by atoms with van der Waals surface area (Å²) in [7, 11) is 0. The van der Waals surface area contributed by atoms with Crippen LogP contribution in [0.15, 0.2) is 28.9 Å². The second-order valence-electron chi connectivity index (χ2n) is 2.87. The molecule has 0 radical (unpaired) electrons. The molecule has 15 heavy (non-hydrogen) atoms. The zero-order chi connectivity index (χ0) is 10.1. The van der Waals surface area contributed by atoms with Gasteiger partial charge < -0.3 is 4.98 Å². The second kappa shape index (κ2) is 3.56. The SMILES string of the molecule is c1nc(-c2cscn2)c(-c2cncs2)[nH]1. The molecule has 0 aliphatic heterocycles. The maximum absolute atomic E-state index is 4.28. The summed E-state index contributed by atoms with van der Waals surface area (Å²) in [4.78, 5) is 16.8. The van der Waals surface area contributed by atoms with Crippen LogP contribution in [0.5, 0.6) is 0 Å². The van der Waals surface area contributed by atoms with Crippen molar-refractivity contribution in [3.8, 4) is 22.0 Å². The number of nitrogens with zero attached hydrogens (tertiary/aromatic N) is 3. The first-order valence-corrected chi connectivity index (χ1v) is 6.08. The van der Waals surface area contributed by atoms with Crippen LogP contribution in [0.25, 0.3) is 22.0 Å². The molecule has 3 aromatic rings. The third-order valence-electron chi connectivity index (χ3n) is 1.99. The topological polar surface area (TPSA) is 54.5 Å². The maximum Gasteiger partial charge on any atom is 0.116 e. The van der Waals surface area contributed by atoms with Gasteiger partial charge in [-0.05, 0) is 0 Å². The Balaban J connectivity index is 2.15. The number of aromatic amines is 1. The Bertz CT molecular complexity index is 490. The molecule has 74 valence electrons. The van der Waals surface area contributed by atoms with Gasteiger partial charge in [-0.15, -0.1) is 22.7 Å². The number of H-pyrrole nitrogens is 1. The van der Waals surface area contributed by atoms with Crippen LogP contribution in [-0.2, 0) is 0 Å². The molecule has 0 saturated carbocycles. The van der Waals surface area contributed by atoms with E-state index in [0.717, 1.165) is 22.0 Å². The lowest BCUT2D eigenvalue weighted by molar-refractivity contribution is 1.30. The van der Waals surface area contributed by atoms with E-state index in [9.17, 15) is 0 Å². The highest BCUT2D eigenvalue weighted by Gasteiger charge is 2.12. The van der Waals surface area contributed by atoms with Crippen LogP contribution in [0.4, 0.5) is 0 Å². The van der Waals surface area contributed by atoms with Gasteiger partial charge in [0.05, 0.1) is 27.9 Å². The molecular weight excluding hydrogens is 228 g/mol. The van der Waals surface area contributed by atoms with E-state index in [0.29, 0.717) is 0 Å². The van der Waals surface area contributed by atoms with Crippen molar-refractivity contribution in [2.45, 2.75) is 0 Å². The first-order valence-electron chi connectivity index (χ1n) is 4.26. The van der Waals surface area contributed by atoms with Gasteiger partial charge in [0.15, 0.2) is 0 Å². The highest BCUT2D eigenvalue weighted by Crippen LogP contribution is 2.30. The van der Waals surface area contributed by atoms with Gasteiger partial charge in [0.2, 0.25) is 0 Å². The Morgan fingerprint density at radius 3 is 2.93 bits per heavy atom. The quantitative estimate of drug-likeness (QED) is 0.741. The van der Waals surface area contributed by atoms with Crippen LogP contribution >= 0.6 is 22.7 Å². The molecule has 0 aliphatic rings. The summed E-state index contributed by atoms with van der Waals surface area (Å²) in [6.07, 6.45) is 3.51. The molecule has 4 nitrogen and oxygen atoms in total. The second-order valence-corrected chi connectivity index (χ2v) is 4.47. The van der Waals surface area contributed by atoms with Crippen molar-refractivity contribution in [2.24, 2.45) is 0 Å². The minimum absolute atomic E-state index is 0.889. The fourth-order valence-corrected chi connectivity index (χ4v) is 2.51. The standard InChI is InChI=1S/C9H6N4S2/c1-7(15-4-10-1)9-8(11-3-12-9)6-2-14-5-13-6/h1-5H,(H,11,12). The predicted octanol–water partition coefficient (Wildman–Crippen LogP) is 2.66. The van der Waals surface area contributed by atoms with Gasteiger partial charge in [0.1, 0.15) is 11.4 Å². The van der Waals surface area contributed by atoms with E-state index in [1.165, 1.54) is 0 Å². The summed E-state index contributed by atoms with van der Waals surface area (Å²) in [6, 6.07) is 0. The zero-order valence-corrected chi connectivity index (χ0v) is 9.18. The third kappa shape index (κ3) is 1.47. The third-order valence-corrected chi connectivity index (χ3v) is 3.37. The number of hydrogen-bond donors (Lipinski definition) is 1. The van der Waals surface area contributed by atoms with Crippen molar-refractivity contribution in [1.82, 2.24) is 19.9 Å². The lowest BCUT2D eigenvalue weighted by atomic mass is 10.2. The summed E-state index contributed by atoms with van der Waals surface area (Å²) >= 11 is 3.15. The molecule has 0 aliphatic carbocycles. The fourth-order valence-electron chi connectivity index (χ4n) is 1.35. The Morgan fingerprint density at radius 2 is 2.20 bits per heavy atom.